The quantitative estimate of drug-likeness (QED) is 0.901. The van der Waals surface area contributed by atoms with E-state index < -0.39 is 0 Å². The molecule has 3 heteroatoms. The Balaban J connectivity index is 1.90. The van der Waals surface area contributed by atoms with Gasteiger partial charge in [0.05, 0.1) is 6.04 Å². The van der Waals surface area contributed by atoms with Crippen molar-refractivity contribution in [2.45, 2.75) is 44.7 Å². The van der Waals surface area contributed by atoms with Crippen LogP contribution in [0.3, 0.4) is 0 Å². The molecule has 2 fully saturated rings. The van der Waals surface area contributed by atoms with E-state index >= 15 is 0 Å². The maximum absolute atomic E-state index is 13.5. The smallest absolute Gasteiger partial charge is 0.126 e. The van der Waals surface area contributed by atoms with Gasteiger partial charge in [-0.1, -0.05) is 12.1 Å². The molecule has 0 aliphatic carbocycles. The van der Waals surface area contributed by atoms with Crippen LogP contribution in [0.5, 0.6) is 0 Å². The maximum Gasteiger partial charge on any atom is 0.126 e. The van der Waals surface area contributed by atoms with Crippen LogP contribution in [0.4, 0.5) is 4.39 Å². The highest BCUT2D eigenvalue weighted by molar-refractivity contribution is 5.28. The predicted octanol–water partition coefficient (Wildman–Crippen LogP) is 3.02. The minimum absolute atomic E-state index is 0.0942. The Kier molecular flexibility index (Phi) is 3.85. The first kappa shape index (κ1) is 13.1. The fourth-order valence-electron chi connectivity index (χ4n) is 3.55. The first-order valence-corrected chi connectivity index (χ1v) is 7.49. The van der Waals surface area contributed by atoms with E-state index in [9.17, 15) is 4.39 Å². The zero-order chi connectivity index (χ0) is 13.2. The molecule has 0 amide bonds. The zero-order valence-electron chi connectivity index (χ0n) is 11.7. The normalized spacial score (nSPS) is 25.9. The Labute approximate surface area is 115 Å². The van der Waals surface area contributed by atoms with Crippen LogP contribution in [0.25, 0.3) is 0 Å². The van der Waals surface area contributed by atoms with Crippen molar-refractivity contribution in [3.05, 3.63) is 35.1 Å². The van der Waals surface area contributed by atoms with Crippen molar-refractivity contribution in [1.82, 2.24) is 10.2 Å². The Hall–Kier alpha value is -0.930. The summed E-state index contributed by atoms with van der Waals surface area (Å²) < 4.78 is 13.5. The lowest BCUT2D eigenvalue weighted by Crippen LogP contribution is -2.39. The van der Waals surface area contributed by atoms with Gasteiger partial charge in [-0.25, -0.2) is 4.39 Å². The number of benzene rings is 1. The number of nitrogens with zero attached hydrogens (tertiary/aromatic N) is 1. The van der Waals surface area contributed by atoms with Gasteiger partial charge in [-0.2, -0.15) is 0 Å². The molecule has 2 aliphatic rings. The van der Waals surface area contributed by atoms with Gasteiger partial charge >= 0.3 is 0 Å². The van der Waals surface area contributed by atoms with Gasteiger partial charge in [-0.3, -0.25) is 4.90 Å². The summed E-state index contributed by atoms with van der Waals surface area (Å²) >= 11 is 0. The lowest BCUT2D eigenvalue weighted by atomic mass is 9.95. The predicted molar refractivity (Wildman–Crippen MR) is 75.7 cm³/mol. The van der Waals surface area contributed by atoms with Gasteiger partial charge in [0.15, 0.2) is 0 Å². The molecule has 2 unspecified atom stereocenters. The average Bonchev–Trinajstić information content (AvgIpc) is 3.07. The Morgan fingerprint density at radius 3 is 2.68 bits per heavy atom. The van der Waals surface area contributed by atoms with E-state index in [1.165, 1.54) is 44.3 Å². The van der Waals surface area contributed by atoms with Crippen LogP contribution in [0.1, 0.15) is 42.9 Å². The van der Waals surface area contributed by atoms with E-state index in [0.717, 1.165) is 12.1 Å². The third-order valence-corrected chi connectivity index (χ3v) is 4.54. The summed E-state index contributed by atoms with van der Waals surface area (Å²) in [6.07, 6.45) is 5.08. The standard InChI is InChI=1S/C16H23FN2/c1-12-11-13(6-7-14(12)17)16(15-5-4-8-18-15)19-9-2-3-10-19/h6-7,11,15-16,18H,2-5,8-10H2,1H3. The van der Waals surface area contributed by atoms with E-state index in [1.807, 2.05) is 19.1 Å². The molecule has 2 heterocycles. The minimum atomic E-state index is -0.0942. The van der Waals surface area contributed by atoms with E-state index in [0.29, 0.717) is 12.1 Å². The average molecular weight is 262 g/mol. The molecule has 1 N–H and O–H groups in total. The molecule has 2 nitrogen and oxygen atoms in total. The number of rotatable bonds is 3. The van der Waals surface area contributed by atoms with Crippen LogP contribution < -0.4 is 5.32 Å². The molecule has 104 valence electrons. The molecule has 0 saturated carbocycles. The molecule has 2 atom stereocenters. The first-order valence-electron chi connectivity index (χ1n) is 7.49. The number of likely N-dealkylation sites (tertiary alicyclic amines) is 1. The summed E-state index contributed by atoms with van der Waals surface area (Å²) in [7, 11) is 0. The second-order valence-corrected chi connectivity index (χ2v) is 5.90. The van der Waals surface area contributed by atoms with Crippen LogP contribution in [0.2, 0.25) is 0 Å². The van der Waals surface area contributed by atoms with Crippen molar-refractivity contribution < 1.29 is 4.39 Å². The molecule has 3 rings (SSSR count). The topological polar surface area (TPSA) is 15.3 Å². The summed E-state index contributed by atoms with van der Waals surface area (Å²) in [5.41, 5.74) is 2.04. The van der Waals surface area contributed by atoms with Crippen LogP contribution in [0.15, 0.2) is 18.2 Å². The zero-order valence-corrected chi connectivity index (χ0v) is 11.7. The number of aryl methyl sites for hydroxylation is 1. The highest BCUT2D eigenvalue weighted by atomic mass is 19.1. The Bertz CT molecular complexity index is 418. The van der Waals surface area contributed by atoms with E-state index in [4.69, 9.17) is 0 Å². The summed E-state index contributed by atoms with van der Waals surface area (Å²) in [6, 6.07) is 6.60. The lowest BCUT2D eigenvalue weighted by Gasteiger charge is -2.33. The summed E-state index contributed by atoms with van der Waals surface area (Å²) in [6.45, 7) is 5.34. The van der Waals surface area contributed by atoms with Crippen molar-refractivity contribution in [1.29, 1.82) is 0 Å². The monoisotopic (exact) mass is 262 g/mol. The van der Waals surface area contributed by atoms with Gasteiger partial charge in [0, 0.05) is 6.04 Å². The minimum Gasteiger partial charge on any atom is -0.312 e. The SMILES string of the molecule is Cc1cc(C(C2CCCN2)N2CCCC2)ccc1F. The van der Waals surface area contributed by atoms with Crippen molar-refractivity contribution in [2.75, 3.05) is 19.6 Å². The van der Waals surface area contributed by atoms with Gasteiger partial charge in [0.25, 0.3) is 0 Å². The molecular weight excluding hydrogens is 239 g/mol. The third kappa shape index (κ3) is 2.67. The van der Waals surface area contributed by atoms with Gasteiger partial charge in [0.2, 0.25) is 0 Å². The van der Waals surface area contributed by atoms with E-state index in [2.05, 4.69) is 10.2 Å². The Morgan fingerprint density at radius 1 is 1.26 bits per heavy atom. The van der Waals surface area contributed by atoms with Gasteiger partial charge < -0.3 is 5.32 Å². The highest BCUT2D eigenvalue weighted by Crippen LogP contribution is 2.32. The number of hydrogen-bond donors (Lipinski definition) is 1. The second kappa shape index (κ2) is 5.59. The molecule has 0 bridgehead atoms. The lowest BCUT2D eigenvalue weighted by molar-refractivity contribution is 0.202. The molecule has 0 radical (unpaired) electrons. The fraction of sp³-hybridized carbons (Fsp3) is 0.625. The molecule has 1 aromatic rings. The first-order chi connectivity index (χ1) is 9.25. The summed E-state index contributed by atoms with van der Waals surface area (Å²) in [5, 5.41) is 3.63. The maximum atomic E-state index is 13.5. The molecule has 0 spiro atoms. The largest absolute Gasteiger partial charge is 0.312 e. The van der Waals surface area contributed by atoms with Crippen molar-refractivity contribution in [2.24, 2.45) is 0 Å². The number of halogens is 1. The van der Waals surface area contributed by atoms with Gasteiger partial charge in [0.1, 0.15) is 5.82 Å². The van der Waals surface area contributed by atoms with Crippen LogP contribution in [-0.2, 0) is 0 Å². The summed E-state index contributed by atoms with van der Waals surface area (Å²) in [5.74, 6) is -0.0942. The van der Waals surface area contributed by atoms with Crippen molar-refractivity contribution >= 4 is 0 Å². The van der Waals surface area contributed by atoms with Crippen LogP contribution in [0, 0.1) is 12.7 Å². The third-order valence-electron chi connectivity index (χ3n) is 4.54. The molecule has 19 heavy (non-hydrogen) atoms. The Morgan fingerprint density at radius 2 is 2.05 bits per heavy atom. The second-order valence-electron chi connectivity index (χ2n) is 5.90. The van der Waals surface area contributed by atoms with E-state index in [-0.39, 0.29) is 5.82 Å². The molecule has 2 saturated heterocycles. The van der Waals surface area contributed by atoms with E-state index in [1.54, 1.807) is 6.07 Å². The van der Waals surface area contributed by atoms with Crippen molar-refractivity contribution in [3.63, 3.8) is 0 Å². The molecule has 2 aliphatic heterocycles. The molecule has 0 aromatic heterocycles. The number of nitrogens with one attached hydrogen (secondary N) is 1. The van der Waals surface area contributed by atoms with Crippen LogP contribution >= 0.6 is 0 Å². The molecular formula is C16H23FN2. The molecule has 1 aromatic carbocycles. The summed E-state index contributed by atoms with van der Waals surface area (Å²) in [4.78, 5) is 2.58. The fourth-order valence-corrected chi connectivity index (χ4v) is 3.55. The van der Waals surface area contributed by atoms with Crippen LogP contribution in [-0.4, -0.2) is 30.6 Å². The van der Waals surface area contributed by atoms with Gasteiger partial charge in [-0.05, 0) is 69.4 Å². The van der Waals surface area contributed by atoms with Crippen molar-refractivity contribution in [3.8, 4) is 0 Å². The number of hydrogen-bond acceptors (Lipinski definition) is 2. The van der Waals surface area contributed by atoms with Gasteiger partial charge in [-0.15, -0.1) is 0 Å². The highest BCUT2D eigenvalue weighted by Gasteiger charge is 2.32.